The van der Waals surface area contributed by atoms with E-state index in [-0.39, 0.29) is 12.2 Å². The quantitative estimate of drug-likeness (QED) is 0.221. The van der Waals surface area contributed by atoms with Crippen LogP contribution in [-0.4, -0.2) is 43.7 Å². The zero-order chi connectivity index (χ0) is 23.1. The summed E-state index contributed by atoms with van der Waals surface area (Å²) in [4.78, 5) is 16.5. The molecule has 0 saturated carbocycles. The van der Waals surface area contributed by atoms with Gasteiger partial charge in [0.05, 0.1) is 16.7 Å². The third kappa shape index (κ3) is 5.98. The van der Waals surface area contributed by atoms with E-state index in [9.17, 15) is 10.1 Å². The topological polar surface area (TPSA) is 56.6 Å². The Morgan fingerprint density at radius 3 is 2.31 bits per heavy atom. The van der Waals surface area contributed by atoms with E-state index in [2.05, 4.69) is 9.80 Å². The molecule has 2 aromatic carbocycles. The Labute approximate surface area is 203 Å². The Hall–Kier alpha value is -2.65. The molecule has 3 rings (SSSR count). The minimum absolute atomic E-state index is 0.0484. The summed E-state index contributed by atoms with van der Waals surface area (Å²) in [6.45, 7) is 4.94. The number of halogens is 3. The molecule has 0 aromatic heterocycles. The van der Waals surface area contributed by atoms with Crippen molar-refractivity contribution in [3.05, 3.63) is 80.8 Å². The fourth-order valence-electron chi connectivity index (χ4n) is 3.41. The van der Waals surface area contributed by atoms with Crippen LogP contribution in [0.15, 0.2) is 60.2 Å². The maximum absolute atomic E-state index is 12.0. The molecule has 1 saturated heterocycles. The SMILES string of the molecule is CCOC(=O)C(C#N)=CC=C(c1ccc(Cl)cc1)N1CCN(c2ccc(Cl)c(Cl)c2)CC1. The van der Waals surface area contributed by atoms with E-state index in [1.807, 2.05) is 42.5 Å². The number of nitrogens with zero attached hydrogens (tertiary/aromatic N) is 3. The van der Waals surface area contributed by atoms with Crippen LogP contribution in [-0.2, 0) is 9.53 Å². The lowest BCUT2D eigenvalue weighted by molar-refractivity contribution is -0.138. The molecule has 8 heteroatoms. The van der Waals surface area contributed by atoms with Crippen LogP contribution >= 0.6 is 34.8 Å². The third-order valence-electron chi connectivity index (χ3n) is 5.05. The van der Waals surface area contributed by atoms with E-state index >= 15 is 0 Å². The molecule has 1 aliphatic heterocycles. The first kappa shape index (κ1) is 24.0. The second-order valence-corrected chi connectivity index (χ2v) is 8.29. The molecule has 0 spiro atoms. The highest BCUT2D eigenvalue weighted by atomic mass is 35.5. The average Bonchev–Trinajstić information content (AvgIpc) is 2.80. The molecule has 0 bridgehead atoms. The largest absolute Gasteiger partial charge is 0.462 e. The summed E-state index contributed by atoms with van der Waals surface area (Å²) in [6, 6.07) is 15.0. The molecule has 0 radical (unpaired) electrons. The van der Waals surface area contributed by atoms with Gasteiger partial charge in [-0.3, -0.25) is 0 Å². The zero-order valence-corrected chi connectivity index (χ0v) is 19.8. The molecule has 2 aromatic rings. The number of anilines is 1. The van der Waals surface area contributed by atoms with Gasteiger partial charge >= 0.3 is 5.97 Å². The average molecular weight is 491 g/mol. The highest BCUT2D eigenvalue weighted by Crippen LogP contribution is 2.29. The molecule has 0 N–H and O–H groups in total. The predicted molar refractivity (Wildman–Crippen MR) is 130 cm³/mol. The Morgan fingerprint density at radius 1 is 1.03 bits per heavy atom. The number of esters is 1. The molecule has 1 aliphatic rings. The van der Waals surface area contributed by atoms with Crippen molar-refractivity contribution in [3.8, 4) is 6.07 Å². The molecule has 0 atom stereocenters. The van der Waals surface area contributed by atoms with Crippen molar-refractivity contribution in [3.63, 3.8) is 0 Å². The lowest BCUT2D eigenvalue weighted by atomic mass is 10.1. The van der Waals surface area contributed by atoms with E-state index in [1.54, 1.807) is 19.1 Å². The van der Waals surface area contributed by atoms with Gasteiger partial charge in [0, 0.05) is 42.6 Å². The number of benzene rings is 2. The summed E-state index contributed by atoms with van der Waals surface area (Å²) >= 11 is 18.3. The van der Waals surface area contributed by atoms with Crippen LogP contribution in [0.3, 0.4) is 0 Å². The fraction of sp³-hybridized carbons (Fsp3) is 0.250. The van der Waals surface area contributed by atoms with Crippen molar-refractivity contribution in [1.29, 1.82) is 5.26 Å². The van der Waals surface area contributed by atoms with Crippen LogP contribution in [0, 0.1) is 11.3 Å². The van der Waals surface area contributed by atoms with E-state index < -0.39 is 5.97 Å². The van der Waals surface area contributed by atoms with Crippen LogP contribution in [0.5, 0.6) is 0 Å². The van der Waals surface area contributed by atoms with Gasteiger partial charge < -0.3 is 14.5 Å². The normalized spacial score (nSPS) is 14.8. The van der Waals surface area contributed by atoms with Gasteiger partial charge in [-0.1, -0.05) is 46.9 Å². The van der Waals surface area contributed by atoms with Crippen molar-refractivity contribution >= 4 is 52.2 Å². The van der Waals surface area contributed by atoms with Gasteiger partial charge in [0.2, 0.25) is 0 Å². The van der Waals surface area contributed by atoms with Gasteiger partial charge in [0.15, 0.2) is 0 Å². The van der Waals surface area contributed by atoms with Crippen LogP contribution in [0.1, 0.15) is 12.5 Å². The van der Waals surface area contributed by atoms with Crippen LogP contribution in [0.2, 0.25) is 15.1 Å². The van der Waals surface area contributed by atoms with Crippen LogP contribution in [0.4, 0.5) is 5.69 Å². The Balaban J connectivity index is 1.84. The molecule has 166 valence electrons. The molecular formula is C24H22Cl3N3O2. The van der Waals surface area contributed by atoms with Crippen molar-refractivity contribution in [2.75, 3.05) is 37.7 Å². The van der Waals surface area contributed by atoms with Crippen molar-refractivity contribution < 1.29 is 9.53 Å². The third-order valence-corrected chi connectivity index (χ3v) is 6.04. The summed E-state index contributed by atoms with van der Waals surface area (Å²) in [5, 5.41) is 11.0. The highest BCUT2D eigenvalue weighted by Gasteiger charge is 2.21. The van der Waals surface area contributed by atoms with Gasteiger partial charge in [-0.05, 0) is 55.0 Å². The minimum Gasteiger partial charge on any atom is -0.462 e. The van der Waals surface area contributed by atoms with Gasteiger partial charge in [0.1, 0.15) is 11.6 Å². The molecule has 0 aliphatic carbocycles. The van der Waals surface area contributed by atoms with E-state index in [1.165, 1.54) is 6.08 Å². The molecule has 0 amide bonds. The molecule has 1 fully saturated rings. The molecule has 5 nitrogen and oxygen atoms in total. The van der Waals surface area contributed by atoms with Gasteiger partial charge in [-0.2, -0.15) is 5.26 Å². The van der Waals surface area contributed by atoms with Crippen molar-refractivity contribution in [2.45, 2.75) is 6.92 Å². The van der Waals surface area contributed by atoms with Crippen molar-refractivity contribution in [2.24, 2.45) is 0 Å². The van der Waals surface area contributed by atoms with Crippen LogP contribution in [0.25, 0.3) is 5.70 Å². The molecular weight excluding hydrogens is 469 g/mol. The predicted octanol–water partition coefficient (Wildman–Crippen LogP) is 5.82. The first-order valence-electron chi connectivity index (χ1n) is 10.1. The first-order chi connectivity index (χ1) is 15.4. The fourth-order valence-corrected chi connectivity index (χ4v) is 3.83. The summed E-state index contributed by atoms with van der Waals surface area (Å²) in [5.74, 6) is -0.633. The second-order valence-electron chi connectivity index (χ2n) is 7.04. The second kappa shape index (κ2) is 11.3. The summed E-state index contributed by atoms with van der Waals surface area (Å²) < 4.78 is 4.96. The summed E-state index contributed by atoms with van der Waals surface area (Å²) in [6.07, 6.45) is 3.29. The van der Waals surface area contributed by atoms with E-state index in [0.717, 1.165) is 43.1 Å². The molecule has 32 heavy (non-hydrogen) atoms. The standard InChI is InChI=1S/C24H22Cl3N3O2/c1-2-32-24(31)18(16-28)5-10-23(17-3-6-19(25)7-4-17)30-13-11-29(12-14-30)20-8-9-21(26)22(27)15-20/h3-10,15H,2,11-14H2,1H3. The summed E-state index contributed by atoms with van der Waals surface area (Å²) in [5.41, 5.74) is 2.81. The number of rotatable bonds is 6. The monoisotopic (exact) mass is 489 g/mol. The van der Waals surface area contributed by atoms with E-state index in [0.29, 0.717) is 15.1 Å². The molecule has 0 unspecified atom stereocenters. The number of nitriles is 1. The number of ether oxygens (including phenoxy) is 1. The Bertz CT molecular complexity index is 1070. The molecule has 1 heterocycles. The lowest BCUT2D eigenvalue weighted by Gasteiger charge is -2.38. The number of hydrogen-bond donors (Lipinski definition) is 0. The minimum atomic E-state index is -0.633. The Kier molecular flexibility index (Phi) is 8.46. The van der Waals surface area contributed by atoms with Gasteiger partial charge in [-0.15, -0.1) is 0 Å². The lowest BCUT2D eigenvalue weighted by Crippen LogP contribution is -2.45. The number of carbonyl (C=O) groups is 1. The first-order valence-corrected chi connectivity index (χ1v) is 11.3. The van der Waals surface area contributed by atoms with Gasteiger partial charge in [0.25, 0.3) is 0 Å². The number of allylic oxidation sites excluding steroid dienone is 2. The summed E-state index contributed by atoms with van der Waals surface area (Å²) in [7, 11) is 0. The maximum Gasteiger partial charge on any atom is 0.348 e. The van der Waals surface area contributed by atoms with E-state index in [4.69, 9.17) is 39.5 Å². The highest BCUT2D eigenvalue weighted by molar-refractivity contribution is 6.42. The van der Waals surface area contributed by atoms with Crippen LogP contribution < -0.4 is 4.90 Å². The zero-order valence-electron chi connectivity index (χ0n) is 17.5. The number of hydrogen-bond acceptors (Lipinski definition) is 5. The number of piperazine rings is 1. The van der Waals surface area contributed by atoms with Gasteiger partial charge in [-0.25, -0.2) is 4.79 Å². The Morgan fingerprint density at radius 2 is 1.72 bits per heavy atom. The number of carbonyl (C=O) groups excluding carboxylic acids is 1. The van der Waals surface area contributed by atoms with Crippen molar-refractivity contribution in [1.82, 2.24) is 4.90 Å². The maximum atomic E-state index is 12.0. The smallest absolute Gasteiger partial charge is 0.348 e.